The predicted molar refractivity (Wildman–Crippen MR) is 127 cm³/mol. The minimum atomic E-state index is -4.21. The van der Waals surface area contributed by atoms with Gasteiger partial charge < -0.3 is 4.74 Å². The Bertz CT molecular complexity index is 1280. The minimum absolute atomic E-state index is 0.0128. The Morgan fingerprint density at radius 3 is 2.30 bits per heavy atom. The molecular weight excluding hydrogens is 440 g/mol. The van der Waals surface area contributed by atoms with Crippen LogP contribution in [-0.2, 0) is 20.2 Å². The third-order valence-corrected chi connectivity index (χ3v) is 6.59. The van der Waals surface area contributed by atoms with Crippen LogP contribution in [0.2, 0.25) is 0 Å². The van der Waals surface area contributed by atoms with Gasteiger partial charge in [-0.1, -0.05) is 44.5 Å². The number of ketones is 1. The summed E-state index contributed by atoms with van der Waals surface area (Å²) in [6.45, 7) is 11.7. The van der Waals surface area contributed by atoms with E-state index in [4.69, 9.17) is 4.74 Å². The highest BCUT2D eigenvalue weighted by Crippen LogP contribution is 2.33. The quantitative estimate of drug-likeness (QED) is 0.690. The van der Waals surface area contributed by atoms with Crippen molar-refractivity contribution in [1.82, 2.24) is 9.71 Å². The van der Waals surface area contributed by atoms with Crippen LogP contribution in [0.1, 0.15) is 59.9 Å². The van der Waals surface area contributed by atoms with E-state index < -0.39 is 15.9 Å². The fourth-order valence-corrected chi connectivity index (χ4v) is 4.59. The van der Waals surface area contributed by atoms with Crippen LogP contribution in [0.15, 0.2) is 47.4 Å². The van der Waals surface area contributed by atoms with Crippen molar-refractivity contribution < 1.29 is 22.7 Å². The molecule has 1 amide bonds. The molecule has 8 heteroatoms. The van der Waals surface area contributed by atoms with Gasteiger partial charge in [-0.3, -0.25) is 9.59 Å². The van der Waals surface area contributed by atoms with Crippen LogP contribution in [0.3, 0.4) is 0 Å². The molecular formula is C25H28N2O5S. The van der Waals surface area contributed by atoms with Gasteiger partial charge in [-0.2, -0.15) is 0 Å². The molecule has 0 saturated carbocycles. The summed E-state index contributed by atoms with van der Waals surface area (Å²) in [5.74, 6) is -0.667. The molecule has 1 aliphatic carbocycles. The molecule has 1 aliphatic rings. The highest BCUT2D eigenvalue weighted by Gasteiger charge is 2.27. The van der Waals surface area contributed by atoms with Crippen LogP contribution < -0.4 is 9.46 Å². The largest absolute Gasteiger partial charge is 0.438 e. The van der Waals surface area contributed by atoms with Crippen molar-refractivity contribution in [2.75, 3.05) is 0 Å². The van der Waals surface area contributed by atoms with Crippen molar-refractivity contribution in [1.29, 1.82) is 0 Å². The number of aromatic nitrogens is 1. The maximum Gasteiger partial charge on any atom is 0.270 e. The third kappa shape index (κ3) is 5.57. The van der Waals surface area contributed by atoms with E-state index in [2.05, 4.69) is 4.98 Å². The van der Waals surface area contributed by atoms with Crippen molar-refractivity contribution >= 4 is 21.7 Å². The molecule has 33 heavy (non-hydrogen) atoms. The van der Waals surface area contributed by atoms with Crippen molar-refractivity contribution in [3.63, 3.8) is 0 Å². The number of nitrogens with one attached hydrogen (secondary N) is 1. The van der Waals surface area contributed by atoms with Gasteiger partial charge in [0.25, 0.3) is 15.9 Å². The van der Waals surface area contributed by atoms with E-state index >= 15 is 0 Å². The normalized spacial score (nSPS) is 14.1. The van der Waals surface area contributed by atoms with Crippen LogP contribution >= 0.6 is 0 Å². The molecule has 0 saturated heterocycles. The lowest BCUT2D eigenvalue weighted by Crippen LogP contribution is -2.33. The van der Waals surface area contributed by atoms with Gasteiger partial charge in [-0.25, -0.2) is 18.1 Å². The summed E-state index contributed by atoms with van der Waals surface area (Å²) in [5, 5.41) is 0. The summed E-state index contributed by atoms with van der Waals surface area (Å²) in [4.78, 5) is 29.0. The third-order valence-electron chi connectivity index (χ3n) is 5.16. The number of carbonyl (C=O) groups excluding carboxylic acids is 2. The monoisotopic (exact) mass is 468 g/mol. The maximum atomic E-state index is 13.0. The molecule has 0 spiro atoms. The van der Waals surface area contributed by atoms with Crippen LogP contribution in [0.25, 0.3) is 0 Å². The first-order valence-corrected chi connectivity index (χ1v) is 12.0. The molecule has 174 valence electrons. The average molecular weight is 469 g/mol. The van der Waals surface area contributed by atoms with Gasteiger partial charge in [-0.05, 0) is 56.2 Å². The Hall–Kier alpha value is -3.26. The molecule has 0 aliphatic heterocycles. The van der Waals surface area contributed by atoms with Gasteiger partial charge in [0.05, 0.1) is 4.91 Å². The van der Waals surface area contributed by atoms with Gasteiger partial charge >= 0.3 is 0 Å². The Labute approximate surface area is 194 Å². The van der Waals surface area contributed by atoms with E-state index in [9.17, 15) is 18.0 Å². The summed E-state index contributed by atoms with van der Waals surface area (Å²) < 4.78 is 33.6. The highest BCUT2D eigenvalue weighted by molar-refractivity contribution is 7.94. The number of benzene rings is 1. The Morgan fingerprint density at radius 2 is 1.73 bits per heavy atom. The Morgan fingerprint density at radius 1 is 1.09 bits per heavy atom. The highest BCUT2D eigenvalue weighted by atomic mass is 32.2. The second-order valence-electron chi connectivity index (χ2n) is 9.20. The second-order valence-corrected chi connectivity index (χ2v) is 10.9. The molecule has 1 aromatic heterocycles. The maximum absolute atomic E-state index is 13.0. The van der Waals surface area contributed by atoms with E-state index in [1.807, 2.05) is 58.4 Å². The van der Waals surface area contributed by atoms with E-state index in [1.54, 1.807) is 6.07 Å². The van der Waals surface area contributed by atoms with E-state index in [0.717, 1.165) is 16.7 Å². The zero-order valence-electron chi connectivity index (χ0n) is 19.6. The number of carbonyl (C=O) groups is 2. The van der Waals surface area contributed by atoms with E-state index in [-0.39, 0.29) is 34.0 Å². The van der Waals surface area contributed by atoms with Crippen LogP contribution in [0, 0.1) is 20.8 Å². The molecule has 0 atom stereocenters. The number of nitrogens with zero attached hydrogens (tertiary/aromatic N) is 1. The molecule has 1 heterocycles. The number of pyridine rings is 1. The first-order chi connectivity index (χ1) is 15.3. The fourth-order valence-electron chi connectivity index (χ4n) is 3.51. The molecule has 1 aromatic carbocycles. The standard InChI is InChI=1S/C25H28N2O5S/c1-15-12-16(2)22(17(3)13-15)32-24-20(10-11-21(26-24)25(4,5)6)23(29)27-33(30,31)19-9-7-8-18(28)14-19/h7-13H,14H2,1-6H3,(H,27,29). The lowest BCUT2D eigenvalue weighted by atomic mass is 9.91. The summed E-state index contributed by atoms with van der Waals surface area (Å²) in [7, 11) is -4.21. The number of rotatable bonds is 5. The summed E-state index contributed by atoms with van der Waals surface area (Å²) in [5.41, 5.74) is 3.14. The molecule has 0 fully saturated rings. The minimum Gasteiger partial charge on any atom is -0.438 e. The molecule has 7 nitrogen and oxygen atoms in total. The molecule has 1 N–H and O–H groups in total. The summed E-state index contributed by atoms with van der Waals surface area (Å²) in [6, 6.07) is 7.10. The number of hydrogen-bond donors (Lipinski definition) is 1. The van der Waals surface area contributed by atoms with Crippen molar-refractivity contribution in [3.05, 3.63) is 75.3 Å². The summed E-state index contributed by atoms with van der Waals surface area (Å²) >= 11 is 0. The number of hydrogen-bond acceptors (Lipinski definition) is 6. The predicted octanol–water partition coefficient (Wildman–Crippen LogP) is 4.57. The van der Waals surface area contributed by atoms with Gasteiger partial charge in [0.1, 0.15) is 11.3 Å². The molecule has 2 aromatic rings. The van der Waals surface area contributed by atoms with Gasteiger partial charge in [0.15, 0.2) is 5.78 Å². The molecule has 3 rings (SSSR count). The zero-order valence-corrected chi connectivity index (χ0v) is 20.5. The van der Waals surface area contributed by atoms with Gasteiger partial charge in [-0.15, -0.1) is 0 Å². The molecule has 0 radical (unpaired) electrons. The second kappa shape index (κ2) is 8.94. The average Bonchev–Trinajstić information content (AvgIpc) is 2.69. The first-order valence-electron chi connectivity index (χ1n) is 10.5. The van der Waals surface area contributed by atoms with Crippen LogP contribution in [0.4, 0.5) is 0 Å². The number of sulfonamides is 1. The molecule has 0 bridgehead atoms. The molecule has 0 unspecified atom stereocenters. The number of aryl methyl sites for hydroxylation is 3. The number of allylic oxidation sites excluding steroid dienone is 4. The van der Waals surface area contributed by atoms with E-state index in [0.29, 0.717) is 11.4 Å². The topological polar surface area (TPSA) is 102 Å². The van der Waals surface area contributed by atoms with Crippen molar-refractivity contribution in [3.8, 4) is 11.6 Å². The SMILES string of the molecule is Cc1cc(C)c(Oc2nc(C(C)(C)C)ccc2C(=O)NS(=O)(=O)C2=CC=CC(=O)C2)c(C)c1. The smallest absolute Gasteiger partial charge is 0.270 e. The fraction of sp³-hybridized carbons (Fsp3) is 0.320. The van der Waals surface area contributed by atoms with E-state index in [1.165, 1.54) is 24.3 Å². The first kappa shape index (κ1) is 24.4. The van der Waals surface area contributed by atoms with Crippen LogP contribution in [0.5, 0.6) is 11.6 Å². The van der Waals surface area contributed by atoms with Gasteiger partial charge in [0, 0.05) is 17.5 Å². The van der Waals surface area contributed by atoms with Crippen molar-refractivity contribution in [2.24, 2.45) is 0 Å². The lowest BCUT2D eigenvalue weighted by molar-refractivity contribution is -0.114. The van der Waals surface area contributed by atoms with Crippen molar-refractivity contribution in [2.45, 2.75) is 53.4 Å². The summed E-state index contributed by atoms with van der Waals surface area (Å²) in [6.07, 6.45) is 3.63. The van der Waals surface area contributed by atoms with Gasteiger partial charge in [0.2, 0.25) is 5.88 Å². The number of ether oxygens (including phenoxy) is 1. The zero-order chi connectivity index (χ0) is 24.6. The Kier molecular flexibility index (Phi) is 6.61. The number of amides is 1. The van der Waals surface area contributed by atoms with Crippen LogP contribution in [-0.4, -0.2) is 25.1 Å². The lowest BCUT2D eigenvalue weighted by Gasteiger charge is -2.21. The Balaban J connectivity index is 2.03.